The smallest absolute Gasteiger partial charge is 0.267 e. The molecule has 3 aromatic heterocycles. The number of fused-ring (bicyclic) bond motifs is 1. The first-order valence-electron chi connectivity index (χ1n) is 6.66. The lowest BCUT2D eigenvalue weighted by atomic mass is 10.2. The molecule has 7 nitrogen and oxygen atoms in total. The van der Waals surface area contributed by atoms with E-state index >= 15 is 0 Å². The molecule has 0 unspecified atom stereocenters. The molecule has 22 heavy (non-hydrogen) atoms. The van der Waals surface area contributed by atoms with Gasteiger partial charge in [-0.3, -0.25) is 4.79 Å². The Morgan fingerprint density at radius 3 is 3.05 bits per heavy atom. The van der Waals surface area contributed by atoms with Gasteiger partial charge in [-0.05, 0) is 24.3 Å². The van der Waals surface area contributed by atoms with Crippen molar-refractivity contribution in [2.45, 2.75) is 6.67 Å². The number of primary amides is 1. The fourth-order valence-electron chi connectivity index (χ4n) is 2.22. The van der Waals surface area contributed by atoms with E-state index in [0.717, 1.165) is 16.6 Å². The lowest BCUT2D eigenvalue weighted by Crippen LogP contribution is -2.13. The number of anilines is 1. The number of nitrogens with two attached hydrogens (primary N) is 1. The number of rotatable bonds is 5. The zero-order valence-electron chi connectivity index (χ0n) is 12.0. The molecule has 1 amide bonds. The number of carbonyl (C=O) groups excluding carboxylic acids is 1. The van der Waals surface area contributed by atoms with Crippen LogP contribution < -0.4 is 15.8 Å². The number of nitrogens with zero attached hydrogens (tertiary/aromatic N) is 3. The van der Waals surface area contributed by atoms with E-state index < -0.39 is 5.91 Å². The predicted molar refractivity (Wildman–Crippen MR) is 82.7 cm³/mol. The summed E-state index contributed by atoms with van der Waals surface area (Å²) in [5.41, 5.74) is 7.20. The zero-order chi connectivity index (χ0) is 15.5. The summed E-state index contributed by atoms with van der Waals surface area (Å²) in [4.78, 5) is 19.4. The summed E-state index contributed by atoms with van der Waals surface area (Å²) < 4.78 is 7.17. The Labute approximate surface area is 126 Å². The molecule has 0 aliphatic rings. The van der Waals surface area contributed by atoms with E-state index in [4.69, 9.17) is 10.5 Å². The largest absolute Gasteiger partial charge is 0.480 e. The molecule has 0 saturated carbocycles. The lowest BCUT2D eigenvalue weighted by molar-refractivity contribution is 0.0996. The van der Waals surface area contributed by atoms with Crippen molar-refractivity contribution in [2.75, 3.05) is 12.4 Å². The number of hydrogen-bond acceptors (Lipinski definition) is 5. The molecule has 0 aromatic carbocycles. The normalized spacial score (nSPS) is 10.6. The van der Waals surface area contributed by atoms with Gasteiger partial charge >= 0.3 is 0 Å². The summed E-state index contributed by atoms with van der Waals surface area (Å²) >= 11 is 0. The number of amides is 1. The molecule has 0 bridgehead atoms. The second-order valence-corrected chi connectivity index (χ2v) is 4.67. The Morgan fingerprint density at radius 1 is 1.41 bits per heavy atom. The van der Waals surface area contributed by atoms with Gasteiger partial charge < -0.3 is 20.4 Å². The molecule has 3 aromatic rings. The molecule has 0 saturated heterocycles. The minimum absolute atomic E-state index is 0.257. The highest BCUT2D eigenvalue weighted by Gasteiger charge is 2.07. The van der Waals surface area contributed by atoms with Gasteiger partial charge in [0.1, 0.15) is 5.69 Å². The molecule has 7 heteroatoms. The third-order valence-electron chi connectivity index (χ3n) is 3.31. The average Bonchev–Trinajstić information content (AvgIpc) is 2.95. The quantitative estimate of drug-likeness (QED) is 0.746. The van der Waals surface area contributed by atoms with Crippen LogP contribution in [0.15, 0.2) is 42.9 Å². The molecule has 0 fully saturated rings. The number of methoxy groups -OCH3 is 1. The number of carbonyl (C=O) groups is 1. The SMILES string of the molecule is COc1ncccc1NCn1ccc2cc(C(N)=O)ncc21. The van der Waals surface area contributed by atoms with Crippen LogP contribution in [0.5, 0.6) is 5.88 Å². The number of pyridine rings is 2. The summed E-state index contributed by atoms with van der Waals surface area (Å²) in [6.45, 7) is 0.517. The van der Waals surface area contributed by atoms with Crippen LogP contribution in [-0.4, -0.2) is 27.6 Å². The monoisotopic (exact) mass is 297 g/mol. The molecular weight excluding hydrogens is 282 g/mol. The van der Waals surface area contributed by atoms with Gasteiger partial charge in [0.15, 0.2) is 0 Å². The van der Waals surface area contributed by atoms with E-state index in [1.165, 1.54) is 0 Å². The standard InChI is InChI=1S/C15H15N5O2/c1-22-15-11(3-2-5-17-15)19-9-20-6-4-10-7-12(14(16)21)18-8-13(10)20/h2-8,19H,9H2,1H3,(H2,16,21). The lowest BCUT2D eigenvalue weighted by Gasteiger charge is -2.11. The molecule has 112 valence electrons. The van der Waals surface area contributed by atoms with Gasteiger partial charge in [-0.15, -0.1) is 0 Å². The van der Waals surface area contributed by atoms with Crippen LogP contribution in [0.1, 0.15) is 10.5 Å². The molecule has 3 heterocycles. The fraction of sp³-hybridized carbons (Fsp3) is 0.133. The summed E-state index contributed by atoms with van der Waals surface area (Å²) in [6, 6.07) is 7.31. The molecular formula is C15H15N5O2. The third kappa shape index (κ3) is 2.56. The van der Waals surface area contributed by atoms with Crippen LogP contribution in [0.2, 0.25) is 0 Å². The van der Waals surface area contributed by atoms with Crippen molar-refractivity contribution in [3.8, 4) is 5.88 Å². The fourth-order valence-corrected chi connectivity index (χ4v) is 2.22. The molecule has 0 aliphatic heterocycles. The number of hydrogen-bond donors (Lipinski definition) is 2. The Hall–Kier alpha value is -3.09. The topological polar surface area (TPSA) is 95.1 Å². The Kier molecular flexibility index (Phi) is 3.61. The summed E-state index contributed by atoms with van der Waals surface area (Å²) in [5.74, 6) is 0.000901. The van der Waals surface area contributed by atoms with Crippen molar-refractivity contribution in [3.63, 3.8) is 0 Å². The third-order valence-corrected chi connectivity index (χ3v) is 3.31. The van der Waals surface area contributed by atoms with Gasteiger partial charge in [0.2, 0.25) is 5.88 Å². The molecule has 0 radical (unpaired) electrons. The summed E-state index contributed by atoms with van der Waals surface area (Å²) in [6.07, 6.45) is 5.22. The highest BCUT2D eigenvalue weighted by Crippen LogP contribution is 2.21. The minimum atomic E-state index is -0.534. The first kappa shape index (κ1) is 13.9. The maximum Gasteiger partial charge on any atom is 0.267 e. The molecule has 0 spiro atoms. The Morgan fingerprint density at radius 2 is 2.27 bits per heavy atom. The first-order valence-corrected chi connectivity index (χ1v) is 6.66. The van der Waals surface area contributed by atoms with E-state index in [0.29, 0.717) is 12.5 Å². The van der Waals surface area contributed by atoms with Gasteiger partial charge in [-0.25, -0.2) is 9.97 Å². The van der Waals surface area contributed by atoms with E-state index in [2.05, 4.69) is 15.3 Å². The predicted octanol–water partition coefficient (Wildman–Crippen LogP) is 1.61. The van der Waals surface area contributed by atoms with Crippen LogP contribution in [0.3, 0.4) is 0 Å². The highest BCUT2D eigenvalue weighted by molar-refractivity contribution is 5.94. The van der Waals surface area contributed by atoms with E-state index in [-0.39, 0.29) is 5.69 Å². The number of ether oxygens (including phenoxy) is 1. The maximum atomic E-state index is 11.2. The Balaban J connectivity index is 1.84. The van der Waals surface area contributed by atoms with Crippen molar-refractivity contribution in [1.82, 2.24) is 14.5 Å². The van der Waals surface area contributed by atoms with Crippen molar-refractivity contribution in [2.24, 2.45) is 5.73 Å². The van der Waals surface area contributed by atoms with Gasteiger partial charge in [0.25, 0.3) is 5.91 Å². The molecule has 3 N–H and O–H groups in total. The van der Waals surface area contributed by atoms with Crippen molar-refractivity contribution < 1.29 is 9.53 Å². The van der Waals surface area contributed by atoms with Crippen molar-refractivity contribution in [3.05, 3.63) is 48.5 Å². The zero-order valence-corrected chi connectivity index (χ0v) is 12.0. The van der Waals surface area contributed by atoms with Crippen LogP contribution in [0.4, 0.5) is 5.69 Å². The summed E-state index contributed by atoms with van der Waals surface area (Å²) in [5, 5.41) is 4.16. The number of nitrogens with one attached hydrogen (secondary N) is 1. The average molecular weight is 297 g/mol. The first-order chi connectivity index (χ1) is 10.7. The molecule has 0 aliphatic carbocycles. The van der Waals surface area contributed by atoms with Crippen molar-refractivity contribution >= 4 is 22.5 Å². The van der Waals surface area contributed by atoms with E-state index in [9.17, 15) is 4.79 Å². The maximum absolute atomic E-state index is 11.2. The molecule has 0 atom stereocenters. The summed E-state index contributed by atoms with van der Waals surface area (Å²) in [7, 11) is 1.58. The second-order valence-electron chi connectivity index (χ2n) is 4.67. The van der Waals surface area contributed by atoms with Crippen molar-refractivity contribution in [1.29, 1.82) is 0 Å². The van der Waals surface area contributed by atoms with Gasteiger partial charge in [-0.2, -0.15) is 0 Å². The van der Waals surface area contributed by atoms with Crippen LogP contribution >= 0.6 is 0 Å². The second kappa shape index (κ2) is 5.72. The van der Waals surface area contributed by atoms with Gasteiger partial charge in [0.05, 0.1) is 31.2 Å². The van der Waals surface area contributed by atoms with Gasteiger partial charge in [-0.1, -0.05) is 0 Å². The van der Waals surface area contributed by atoms with E-state index in [1.807, 2.05) is 29.0 Å². The van der Waals surface area contributed by atoms with Gasteiger partial charge in [0, 0.05) is 17.8 Å². The Bertz CT molecular complexity index is 828. The minimum Gasteiger partial charge on any atom is -0.480 e. The van der Waals surface area contributed by atoms with Crippen LogP contribution in [-0.2, 0) is 6.67 Å². The van der Waals surface area contributed by atoms with Crippen LogP contribution in [0.25, 0.3) is 10.9 Å². The molecule has 3 rings (SSSR count). The number of aromatic nitrogens is 3. The van der Waals surface area contributed by atoms with Crippen LogP contribution in [0, 0.1) is 0 Å². The highest BCUT2D eigenvalue weighted by atomic mass is 16.5. The van der Waals surface area contributed by atoms with E-state index in [1.54, 1.807) is 25.6 Å².